The largest absolute Gasteiger partial charge is 0.393 e. The Morgan fingerprint density at radius 2 is 2.08 bits per heavy atom. The number of aliphatic hydroxyl groups is 1. The maximum atomic E-state index is 9.06. The maximum absolute atomic E-state index is 9.06. The highest BCUT2D eigenvalue weighted by molar-refractivity contribution is 4.54. The van der Waals surface area contributed by atoms with Gasteiger partial charge in [-0.05, 0) is 33.7 Å². The van der Waals surface area contributed by atoms with Crippen molar-refractivity contribution < 1.29 is 9.84 Å². The average molecular weight is 189 g/mol. The van der Waals surface area contributed by atoms with Crippen LogP contribution in [0.4, 0.5) is 0 Å². The zero-order valence-electron chi connectivity index (χ0n) is 9.12. The van der Waals surface area contributed by atoms with Gasteiger partial charge in [0, 0.05) is 26.3 Å². The van der Waals surface area contributed by atoms with Gasteiger partial charge in [-0.15, -0.1) is 0 Å². The summed E-state index contributed by atoms with van der Waals surface area (Å²) < 4.78 is 5.23. The van der Waals surface area contributed by atoms with Gasteiger partial charge in [0.15, 0.2) is 0 Å². The molecule has 0 fully saturated rings. The van der Waals surface area contributed by atoms with Crippen LogP contribution in [0.5, 0.6) is 0 Å². The summed E-state index contributed by atoms with van der Waals surface area (Å²) in [5, 5.41) is 9.06. The standard InChI is InChI=1S/C10H23NO2/c1-4-13-9-5-7-11(3)8-6-10(2)12/h10,12H,4-9H2,1-3H3. The Balaban J connectivity index is 3.15. The summed E-state index contributed by atoms with van der Waals surface area (Å²) in [4.78, 5) is 2.23. The Morgan fingerprint density at radius 3 is 2.62 bits per heavy atom. The van der Waals surface area contributed by atoms with Crippen LogP contribution in [0.15, 0.2) is 0 Å². The van der Waals surface area contributed by atoms with Crippen molar-refractivity contribution in [1.29, 1.82) is 0 Å². The van der Waals surface area contributed by atoms with Gasteiger partial charge in [0.05, 0.1) is 6.10 Å². The third kappa shape index (κ3) is 9.80. The minimum absolute atomic E-state index is 0.186. The van der Waals surface area contributed by atoms with E-state index < -0.39 is 0 Å². The van der Waals surface area contributed by atoms with Crippen LogP contribution in [0.3, 0.4) is 0 Å². The molecule has 0 bridgehead atoms. The molecule has 80 valence electrons. The van der Waals surface area contributed by atoms with Gasteiger partial charge >= 0.3 is 0 Å². The van der Waals surface area contributed by atoms with E-state index in [1.165, 1.54) is 0 Å². The highest BCUT2D eigenvalue weighted by Gasteiger charge is 2.00. The Morgan fingerprint density at radius 1 is 1.38 bits per heavy atom. The van der Waals surface area contributed by atoms with E-state index in [0.717, 1.165) is 39.1 Å². The van der Waals surface area contributed by atoms with E-state index in [9.17, 15) is 0 Å². The maximum Gasteiger partial charge on any atom is 0.0524 e. The summed E-state index contributed by atoms with van der Waals surface area (Å²) in [5.74, 6) is 0. The zero-order valence-corrected chi connectivity index (χ0v) is 9.12. The first-order valence-electron chi connectivity index (χ1n) is 5.11. The van der Waals surface area contributed by atoms with Gasteiger partial charge in [0.2, 0.25) is 0 Å². The van der Waals surface area contributed by atoms with E-state index in [2.05, 4.69) is 11.9 Å². The number of aliphatic hydroxyl groups excluding tert-OH is 1. The van der Waals surface area contributed by atoms with Gasteiger partial charge in [0.1, 0.15) is 0 Å². The molecular formula is C10H23NO2. The molecule has 0 aliphatic rings. The Bertz CT molecular complexity index is 107. The van der Waals surface area contributed by atoms with E-state index in [0.29, 0.717) is 0 Å². The van der Waals surface area contributed by atoms with Gasteiger partial charge in [-0.3, -0.25) is 0 Å². The molecule has 1 atom stereocenters. The van der Waals surface area contributed by atoms with Crippen LogP contribution in [-0.4, -0.2) is 49.5 Å². The summed E-state index contributed by atoms with van der Waals surface area (Å²) in [6, 6.07) is 0. The highest BCUT2D eigenvalue weighted by atomic mass is 16.5. The number of nitrogens with zero attached hydrogens (tertiary/aromatic N) is 1. The fraction of sp³-hybridized carbons (Fsp3) is 1.00. The van der Waals surface area contributed by atoms with Crippen molar-refractivity contribution in [3.63, 3.8) is 0 Å². The smallest absolute Gasteiger partial charge is 0.0524 e. The first-order chi connectivity index (χ1) is 6.16. The van der Waals surface area contributed by atoms with E-state index in [4.69, 9.17) is 9.84 Å². The van der Waals surface area contributed by atoms with Gasteiger partial charge in [-0.25, -0.2) is 0 Å². The van der Waals surface area contributed by atoms with Crippen molar-refractivity contribution in [2.45, 2.75) is 32.8 Å². The topological polar surface area (TPSA) is 32.7 Å². The second-order valence-corrected chi connectivity index (χ2v) is 3.49. The molecule has 0 aromatic carbocycles. The molecule has 0 aromatic heterocycles. The predicted octanol–water partition coefficient (Wildman–Crippen LogP) is 1.12. The summed E-state index contributed by atoms with van der Waals surface area (Å²) in [5.41, 5.74) is 0. The molecule has 13 heavy (non-hydrogen) atoms. The number of hydrogen-bond acceptors (Lipinski definition) is 3. The van der Waals surface area contributed by atoms with Crippen molar-refractivity contribution in [1.82, 2.24) is 4.90 Å². The lowest BCUT2D eigenvalue weighted by Gasteiger charge is -2.17. The summed E-state index contributed by atoms with van der Waals surface area (Å²) in [7, 11) is 2.08. The third-order valence-electron chi connectivity index (χ3n) is 1.96. The van der Waals surface area contributed by atoms with Crippen LogP contribution in [0.2, 0.25) is 0 Å². The molecule has 0 amide bonds. The fourth-order valence-corrected chi connectivity index (χ4v) is 1.10. The molecule has 0 saturated carbocycles. The predicted molar refractivity (Wildman–Crippen MR) is 54.9 cm³/mol. The normalized spacial score (nSPS) is 13.6. The number of rotatable bonds is 8. The van der Waals surface area contributed by atoms with Crippen LogP contribution < -0.4 is 0 Å². The lowest BCUT2D eigenvalue weighted by Crippen LogP contribution is -2.24. The van der Waals surface area contributed by atoms with Crippen LogP contribution in [0.1, 0.15) is 26.7 Å². The molecule has 1 N–H and O–H groups in total. The van der Waals surface area contributed by atoms with E-state index >= 15 is 0 Å². The minimum Gasteiger partial charge on any atom is -0.393 e. The Labute approximate surface area is 81.7 Å². The molecule has 0 rings (SSSR count). The first-order valence-corrected chi connectivity index (χ1v) is 5.11. The Hall–Kier alpha value is -0.120. The second kappa shape index (κ2) is 8.48. The van der Waals surface area contributed by atoms with E-state index in [1.54, 1.807) is 0 Å². The van der Waals surface area contributed by atoms with E-state index in [-0.39, 0.29) is 6.10 Å². The van der Waals surface area contributed by atoms with Gasteiger partial charge < -0.3 is 14.7 Å². The number of ether oxygens (including phenoxy) is 1. The quantitative estimate of drug-likeness (QED) is 0.581. The van der Waals surface area contributed by atoms with Gasteiger partial charge in [-0.2, -0.15) is 0 Å². The first kappa shape index (κ1) is 12.9. The lowest BCUT2D eigenvalue weighted by molar-refractivity contribution is 0.129. The Kier molecular flexibility index (Phi) is 8.40. The SMILES string of the molecule is CCOCCCN(C)CCC(C)O. The molecule has 0 aromatic rings. The lowest BCUT2D eigenvalue weighted by atomic mass is 10.2. The molecule has 0 aliphatic carbocycles. The monoisotopic (exact) mass is 189 g/mol. The van der Waals surface area contributed by atoms with Crippen molar-refractivity contribution in [2.75, 3.05) is 33.4 Å². The molecule has 0 radical (unpaired) electrons. The average Bonchev–Trinajstić information content (AvgIpc) is 2.09. The van der Waals surface area contributed by atoms with Crippen LogP contribution >= 0.6 is 0 Å². The zero-order chi connectivity index (χ0) is 10.1. The van der Waals surface area contributed by atoms with E-state index in [1.807, 2.05) is 13.8 Å². The molecule has 0 spiro atoms. The van der Waals surface area contributed by atoms with Crippen molar-refractivity contribution in [3.8, 4) is 0 Å². The molecule has 0 saturated heterocycles. The second-order valence-electron chi connectivity index (χ2n) is 3.49. The van der Waals surface area contributed by atoms with Crippen LogP contribution in [-0.2, 0) is 4.74 Å². The molecular weight excluding hydrogens is 166 g/mol. The molecule has 3 nitrogen and oxygen atoms in total. The fourth-order valence-electron chi connectivity index (χ4n) is 1.10. The third-order valence-corrected chi connectivity index (χ3v) is 1.96. The molecule has 1 unspecified atom stereocenters. The minimum atomic E-state index is -0.186. The van der Waals surface area contributed by atoms with Gasteiger partial charge in [-0.1, -0.05) is 0 Å². The van der Waals surface area contributed by atoms with Crippen LogP contribution in [0, 0.1) is 0 Å². The summed E-state index contributed by atoms with van der Waals surface area (Å²) in [6.07, 6.45) is 1.74. The van der Waals surface area contributed by atoms with Crippen molar-refractivity contribution in [3.05, 3.63) is 0 Å². The van der Waals surface area contributed by atoms with Crippen molar-refractivity contribution >= 4 is 0 Å². The summed E-state index contributed by atoms with van der Waals surface area (Å²) >= 11 is 0. The molecule has 0 heterocycles. The van der Waals surface area contributed by atoms with Crippen LogP contribution in [0.25, 0.3) is 0 Å². The number of hydrogen-bond donors (Lipinski definition) is 1. The highest BCUT2D eigenvalue weighted by Crippen LogP contribution is 1.94. The summed E-state index contributed by atoms with van der Waals surface area (Å²) in [6.45, 7) is 7.49. The molecule has 0 aliphatic heterocycles. The van der Waals surface area contributed by atoms with Gasteiger partial charge in [0.25, 0.3) is 0 Å². The molecule has 3 heteroatoms. The van der Waals surface area contributed by atoms with Crippen molar-refractivity contribution in [2.24, 2.45) is 0 Å².